The summed E-state index contributed by atoms with van der Waals surface area (Å²) in [7, 11) is 1.33. The molecule has 0 fully saturated rings. The fourth-order valence-electron chi connectivity index (χ4n) is 2.18. The lowest BCUT2D eigenvalue weighted by molar-refractivity contribution is -0.107. The number of hydrogen-bond donors (Lipinski definition) is 0. The van der Waals surface area contributed by atoms with E-state index in [4.69, 9.17) is 11.6 Å². The van der Waals surface area contributed by atoms with Gasteiger partial charge < -0.3 is 4.74 Å². The zero-order valence-electron chi connectivity index (χ0n) is 13.0. The fourth-order valence-corrected chi connectivity index (χ4v) is 3.74. The number of carbonyl (C=O) groups excluding carboxylic acids is 2. The molecule has 0 saturated carbocycles. The van der Waals surface area contributed by atoms with Crippen LogP contribution in [0.5, 0.6) is 0 Å². The standard InChI is InChI=1S/C18H11ClINO3S/c1-24-17(22)11-4-2-10(3-5-11)8-15-18(23)25-16(21-15)13-9-12(20)6-7-14(13)19/h2-9H,1H3. The molecule has 126 valence electrons. The molecule has 2 aromatic carbocycles. The lowest BCUT2D eigenvalue weighted by Gasteiger charge is -2.02. The van der Waals surface area contributed by atoms with Crippen LogP contribution in [0.4, 0.5) is 0 Å². The Hall–Kier alpha value is -1.64. The molecule has 0 saturated heterocycles. The molecule has 3 rings (SSSR count). The van der Waals surface area contributed by atoms with Gasteiger partial charge in [0.15, 0.2) is 0 Å². The van der Waals surface area contributed by atoms with Crippen LogP contribution in [0.15, 0.2) is 53.2 Å². The number of esters is 1. The molecule has 7 heteroatoms. The summed E-state index contributed by atoms with van der Waals surface area (Å²) in [6.07, 6.45) is 1.69. The number of methoxy groups -OCH3 is 1. The molecule has 0 atom stereocenters. The maximum atomic E-state index is 12.2. The minimum absolute atomic E-state index is 0.137. The summed E-state index contributed by atoms with van der Waals surface area (Å²) in [6, 6.07) is 12.4. The third-order valence-electron chi connectivity index (χ3n) is 3.41. The third kappa shape index (κ3) is 4.13. The van der Waals surface area contributed by atoms with Crippen molar-refractivity contribution in [2.45, 2.75) is 0 Å². The quantitative estimate of drug-likeness (QED) is 0.358. The predicted molar refractivity (Wildman–Crippen MR) is 109 cm³/mol. The Morgan fingerprint density at radius 2 is 1.96 bits per heavy atom. The molecule has 1 heterocycles. The maximum Gasteiger partial charge on any atom is 0.337 e. The Balaban J connectivity index is 1.90. The van der Waals surface area contributed by atoms with E-state index in [1.165, 1.54) is 7.11 Å². The summed E-state index contributed by atoms with van der Waals surface area (Å²) in [5, 5.41) is 1.01. The molecule has 0 N–H and O–H groups in total. The second kappa shape index (κ2) is 7.72. The van der Waals surface area contributed by atoms with Crippen LogP contribution < -0.4 is 0 Å². The lowest BCUT2D eigenvalue weighted by Crippen LogP contribution is -2.00. The molecular weight excluding hydrogens is 473 g/mol. The van der Waals surface area contributed by atoms with Crippen LogP contribution in [0.25, 0.3) is 6.08 Å². The number of carbonyl (C=O) groups is 2. The van der Waals surface area contributed by atoms with E-state index >= 15 is 0 Å². The van der Waals surface area contributed by atoms with Crippen molar-refractivity contribution in [2.75, 3.05) is 7.11 Å². The molecule has 0 aliphatic carbocycles. The largest absolute Gasteiger partial charge is 0.465 e. The van der Waals surface area contributed by atoms with Gasteiger partial charge in [0.05, 0.1) is 17.7 Å². The molecule has 0 aromatic heterocycles. The van der Waals surface area contributed by atoms with Crippen LogP contribution in [0.3, 0.4) is 0 Å². The molecule has 0 spiro atoms. The first kappa shape index (κ1) is 18.2. The van der Waals surface area contributed by atoms with Crippen molar-refractivity contribution in [1.29, 1.82) is 0 Å². The molecule has 0 unspecified atom stereocenters. The molecule has 1 aliphatic rings. The Morgan fingerprint density at radius 3 is 2.64 bits per heavy atom. The SMILES string of the molecule is COC(=O)c1ccc(C=C2N=C(c3cc(I)ccc3Cl)SC2=O)cc1. The molecule has 25 heavy (non-hydrogen) atoms. The first-order valence-corrected chi connectivity index (χ1v) is 9.41. The van der Waals surface area contributed by atoms with Gasteiger partial charge in [-0.05, 0) is 76.3 Å². The average molecular weight is 484 g/mol. The normalized spacial score (nSPS) is 15.4. The summed E-state index contributed by atoms with van der Waals surface area (Å²) in [4.78, 5) is 28.1. The second-order valence-corrected chi connectivity index (χ2v) is 7.69. The van der Waals surface area contributed by atoms with E-state index in [-0.39, 0.29) is 5.12 Å². The Labute approximate surface area is 167 Å². The van der Waals surface area contributed by atoms with Gasteiger partial charge in [-0.2, -0.15) is 0 Å². The van der Waals surface area contributed by atoms with Crippen LogP contribution in [-0.4, -0.2) is 23.2 Å². The number of ether oxygens (including phenoxy) is 1. The Kier molecular flexibility index (Phi) is 5.61. The number of hydrogen-bond acceptors (Lipinski definition) is 5. The number of rotatable bonds is 3. The van der Waals surface area contributed by atoms with Crippen molar-refractivity contribution in [3.05, 3.63) is 73.4 Å². The molecule has 0 amide bonds. The Morgan fingerprint density at radius 1 is 1.24 bits per heavy atom. The zero-order chi connectivity index (χ0) is 18.0. The van der Waals surface area contributed by atoms with E-state index in [0.717, 1.165) is 26.5 Å². The molecular formula is C18H11ClINO3S. The van der Waals surface area contributed by atoms with Crippen LogP contribution in [0.1, 0.15) is 21.5 Å². The first-order valence-electron chi connectivity index (χ1n) is 7.14. The number of benzene rings is 2. The predicted octanol–water partition coefficient (Wildman–Crippen LogP) is 4.79. The van der Waals surface area contributed by atoms with Crippen LogP contribution in [-0.2, 0) is 9.53 Å². The number of nitrogens with zero attached hydrogens (tertiary/aromatic N) is 1. The highest BCUT2D eigenvalue weighted by molar-refractivity contribution is 14.1. The average Bonchev–Trinajstić information content (AvgIpc) is 2.97. The lowest BCUT2D eigenvalue weighted by atomic mass is 10.1. The molecule has 1 aliphatic heterocycles. The van der Waals surface area contributed by atoms with Crippen LogP contribution in [0, 0.1) is 3.57 Å². The van der Waals surface area contributed by atoms with Crippen molar-refractivity contribution >= 4 is 68.2 Å². The van der Waals surface area contributed by atoms with Crippen molar-refractivity contribution in [2.24, 2.45) is 4.99 Å². The molecule has 2 aromatic rings. The van der Waals surface area contributed by atoms with E-state index in [9.17, 15) is 9.59 Å². The van der Waals surface area contributed by atoms with Crippen molar-refractivity contribution in [1.82, 2.24) is 0 Å². The molecule has 0 bridgehead atoms. The van der Waals surface area contributed by atoms with Gasteiger partial charge >= 0.3 is 5.97 Å². The Bertz CT molecular complexity index is 922. The number of thioether (sulfide) groups is 1. The minimum atomic E-state index is -0.402. The summed E-state index contributed by atoms with van der Waals surface area (Å²) in [5.41, 5.74) is 2.32. The van der Waals surface area contributed by atoms with Gasteiger partial charge in [-0.25, -0.2) is 9.79 Å². The van der Waals surface area contributed by atoms with Crippen molar-refractivity contribution < 1.29 is 14.3 Å². The van der Waals surface area contributed by atoms with Gasteiger partial charge in [0.25, 0.3) is 0 Å². The monoisotopic (exact) mass is 483 g/mol. The zero-order valence-corrected chi connectivity index (χ0v) is 16.7. The van der Waals surface area contributed by atoms with Gasteiger partial charge in [-0.3, -0.25) is 4.79 Å². The fraction of sp³-hybridized carbons (Fsp3) is 0.0556. The molecule has 0 radical (unpaired) electrons. The van der Waals surface area contributed by atoms with E-state index < -0.39 is 5.97 Å². The summed E-state index contributed by atoms with van der Waals surface area (Å²) < 4.78 is 5.68. The minimum Gasteiger partial charge on any atom is -0.465 e. The summed E-state index contributed by atoms with van der Waals surface area (Å²) >= 11 is 9.47. The van der Waals surface area contributed by atoms with Gasteiger partial charge in [-0.1, -0.05) is 23.7 Å². The van der Waals surface area contributed by atoms with Gasteiger partial charge in [0, 0.05) is 9.13 Å². The molecule has 4 nitrogen and oxygen atoms in total. The highest BCUT2D eigenvalue weighted by Gasteiger charge is 2.24. The summed E-state index contributed by atoms with van der Waals surface area (Å²) in [5.74, 6) is -0.402. The topological polar surface area (TPSA) is 55.7 Å². The first-order chi connectivity index (χ1) is 12.0. The second-order valence-electron chi connectivity index (χ2n) is 5.07. The van der Waals surface area contributed by atoms with E-state index in [2.05, 4.69) is 32.3 Å². The van der Waals surface area contributed by atoms with Gasteiger partial charge in [0.2, 0.25) is 5.12 Å². The van der Waals surface area contributed by atoms with E-state index in [0.29, 0.717) is 21.3 Å². The van der Waals surface area contributed by atoms with E-state index in [1.54, 1.807) is 36.4 Å². The smallest absolute Gasteiger partial charge is 0.337 e. The van der Waals surface area contributed by atoms with Gasteiger partial charge in [0.1, 0.15) is 10.7 Å². The maximum absolute atomic E-state index is 12.2. The van der Waals surface area contributed by atoms with Crippen LogP contribution in [0.2, 0.25) is 5.02 Å². The number of aliphatic imine (C=N–C) groups is 1. The number of halogens is 2. The third-order valence-corrected chi connectivity index (χ3v) is 5.31. The van der Waals surface area contributed by atoms with Crippen molar-refractivity contribution in [3.8, 4) is 0 Å². The van der Waals surface area contributed by atoms with Gasteiger partial charge in [-0.15, -0.1) is 0 Å². The summed E-state index contributed by atoms with van der Waals surface area (Å²) in [6.45, 7) is 0. The highest BCUT2D eigenvalue weighted by atomic mass is 127. The van der Waals surface area contributed by atoms with Crippen molar-refractivity contribution in [3.63, 3.8) is 0 Å². The van der Waals surface area contributed by atoms with Crippen LogP contribution >= 0.6 is 46.0 Å². The van der Waals surface area contributed by atoms with E-state index in [1.807, 2.05) is 12.1 Å². The highest BCUT2D eigenvalue weighted by Crippen LogP contribution is 2.32.